The van der Waals surface area contributed by atoms with E-state index in [4.69, 9.17) is 22.1 Å². The number of cyclic esters (lactones) is 1. The predicted molar refractivity (Wildman–Crippen MR) is 87.1 cm³/mol. The van der Waals surface area contributed by atoms with E-state index < -0.39 is 0 Å². The van der Waals surface area contributed by atoms with Crippen molar-refractivity contribution in [3.63, 3.8) is 0 Å². The highest BCUT2D eigenvalue weighted by Gasteiger charge is 2.41. The van der Waals surface area contributed by atoms with Crippen molar-refractivity contribution in [1.29, 1.82) is 0 Å². The molecule has 1 aliphatic carbocycles. The van der Waals surface area contributed by atoms with Crippen LogP contribution in [-0.4, -0.2) is 36.2 Å². The van der Waals surface area contributed by atoms with Crippen LogP contribution >= 0.6 is 11.6 Å². The third kappa shape index (κ3) is 2.82. The van der Waals surface area contributed by atoms with Crippen LogP contribution in [0.3, 0.4) is 0 Å². The molecule has 1 aromatic rings. The van der Waals surface area contributed by atoms with Gasteiger partial charge in [0.1, 0.15) is 6.10 Å². The molecule has 1 aromatic carbocycles. The maximum Gasteiger partial charge on any atom is 0.410 e. The first kappa shape index (κ1) is 15.6. The van der Waals surface area contributed by atoms with Crippen LogP contribution in [0.1, 0.15) is 38.2 Å². The van der Waals surface area contributed by atoms with Crippen molar-refractivity contribution >= 4 is 17.7 Å². The molecular formula is C17H23ClN2O2. The Kier molecular flexibility index (Phi) is 4.33. The summed E-state index contributed by atoms with van der Waals surface area (Å²) in [5, 5.41) is 0.754. The topological polar surface area (TPSA) is 55.6 Å². The monoisotopic (exact) mass is 322 g/mol. The van der Waals surface area contributed by atoms with E-state index in [1.807, 2.05) is 30.0 Å². The van der Waals surface area contributed by atoms with Crippen molar-refractivity contribution in [2.75, 3.05) is 13.1 Å². The number of carbonyl (C=O) groups is 1. The summed E-state index contributed by atoms with van der Waals surface area (Å²) < 4.78 is 5.25. The Morgan fingerprint density at radius 3 is 2.68 bits per heavy atom. The number of rotatable bonds is 3. The number of benzene rings is 1. The van der Waals surface area contributed by atoms with Crippen LogP contribution in [0.4, 0.5) is 4.79 Å². The fourth-order valence-corrected chi connectivity index (χ4v) is 4.01. The maximum absolute atomic E-state index is 11.9. The van der Waals surface area contributed by atoms with Gasteiger partial charge in [-0.25, -0.2) is 4.79 Å². The number of hydrogen-bond acceptors (Lipinski definition) is 3. The van der Waals surface area contributed by atoms with Gasteiger partial charge in [-0.1, -0.05) is 23.7 Å². The largest absolute Gasteiger partial charge is 0.444 e. The summed E-state index contributed by atoms with van der Waals surface area (Å²) in [7, 11) is 0. The van der Waals surface area contributed by atoms with Gasteiger partial charge in [0.05, 0.1) is 6.54 Å². The average Bonchev–Trinajstić information content (AvgIpc) is 2.86. The predicted octanol–water partition coefficient (Wildman–Crippen LogP) is 3.32. The van der Waals surface area contributed by atoms with Crippen molar-refractivity contribution < 1.29 is 9.53 Å². The molecule has 1 saturated carbocycles. The lowest BCUT2D eigenvalue weighted by molar-refractivity contribution is 0.120. The number of nitrogens with two attached hydrogens (primary N) is 1. The Morgan fingerprint density at radius 2 is 2.14 bits per heavy atom. The second kappa shape index (κ2) is 6.09. The van der Waals surface area contributed by atoms with E-state index in [1.54, 1.807) is 0 Å². The highest BCUT2D eigenvalue weighted by molar-refractivity contribution is 6.30. The van der Waals surface area contributed by atoms with Gasteiger partial charge in [0.2, 0.25) is 0 Å². The van der Waals surface area contributed by atoms with Crippen LogP contribution in [0.25, 0.3) is 0 Å². The van der Waals surface area contributed by atoms with Crippen molar-refractivity contribution in [2.45, 2.75) is 50.2 Å². The van der Waals surface area contributed by atoms with Crippen LogP contribution in [0, 0.1) is 0 Å². The van der Waals surface area contributed by atoms with Crippen LogP contribution in [-0.2, 0) is 10.2 Å². The highest BCUT2D eigenvalue weighted by atomic mass is 35.5. The Balaban J connectivity index is 1.73. The van der Waals surface area contributed by atoms with Gasteiger partial charge in [0.25, 0.3) is 0 Å². The van der Waals surface area contributed by atoms with Crippen molar-refractivity contribution in [1.82, 2.24) is 4.90 Å². The first-order valence-corrected chi connectivity index (χ1v) is 8.35. The Labute approximate surface area is 136 Å². The molecule has 2 N–H and O–H groups in total. The van der Waals surface area contributed by atoms with Crippen LogP contribution in [0.2, 0.25) is 5.02 Å². The second-order valence-electron chi connectivity index (χ2n) is 6.57. The number of carbonyl (C=O) groups excluding carboxylic acids is 1. The summed E-state index contributed by atoms with van der Waals surface area (Å²) in [4.78, 5) is 13.8. The summed E-state index contributed by atoms with van der Waals surface area (Å²) in [6.45, 7) is 3.26. The molecule has 3 rings (SSSR count). The van der Waals surface area contributed by atoms with E-state index in [9.17, 15) is 4.79 Å². The fourth-order valence-electron chi connectivity index (χ4n) is 3.82. The van der Waals surface area contributed by atoms with Crippen LogP contribution in [0.15, 0.2) is 24.3 Å². The van der Waals surface area contributed by atoms with Gasteiger partial charge >= 0.3 is 6.09 Å². The zero-order valence-electron chi connectivity index (χ0n) is 12.9. The minimum Gasteiger partial charge on any atom is -0.444 e. The van der Waals surface area contributed by atoms with E-state index in [-0.39, 0.29) is 23.7 Å². The second-order valence-corrected chi connectivity index (χ2v) is 7.01. The number of halogens is 1. The molecule has 1 heterocycles. The van der Waals surface area contributed by atoms with E-state index >= 15 is 0 Å². The summed E-state index contributed by atoms with van der Waals surface area (Å²) in [5.74, 6) is 0. The zero-order valence-corrected chi connectivity index (χ0v) is 13.7. The quantitative estimate of drug-likeness (QED) is 0.928. The third-order valence-corrected chi connectivity index (χ3v) is 5.41. The van der Waals surface area contributed by atoms with Gasteiger partial charge < -0.3 is 15.4 Å². The van der Waals surface area contributed by atoms with Gasteiger partial charge in [-0.15, -0.1) is 0 Å². The average molecular weight is 323 g/mol. The van der Waals surface area contributed by atoms with Gasteiger partial charge in [0, 0.05) is 23.0 Å². The molecule has 2 aliphatic rings. The molecule has 0 unspecified atom stereocenters. The van der Waals surface area contributed by atoms with E-state index in [2.05, 4.69) is 6.07 Å². The zero-order chi connectivity index (χ0) is 15.7. The molecule has 1 amide bonds. The molecule has 1 saturated heterocycles. The molecule has 1 aliphatic heterocycles. The number of ether oxygens (including phenoxy) is 1. The molecule has 2 fully saturated rings. The van der Waals surface area contributed by atoms with Crippen molar-refractivity contribution in [2.24, 2.45) is 5.73 Å². The van der Waals surface area contributed by atoms with E-state index in [0.29, 0.717) is 13.1 Å². The van der Waals surface area contributed by atoms with Crippen LogP contribution in [0.5, 0.6) is 0 Å². The SMILES string of the molecule is C[C@H]1CN([C@H]2CC[C@](CN)(c3cccc(Cl)c3)CC2)C(=O)O1. The van der Waals surface area contributed by atoms with Crippen molar-refractivity contribution in [3.8, 4) is 0 Å². The minimum absolute atomic E-state index is 0.00150. The van der Waals surface area contributed by atoms with Gasteiger partial charge in [-0.3, -0.25) is 0 Å². The van der Waals surface area contributed by atoms with Crippen LogP contribution < -0.4 is 5.73 Å². The van der Waals surface area contributed by atoms with Gasteiger partial charge in [-0.2, -0.15) is 0 Å². The van der Waals surface area contributed by atoms with E-state index in [0.717, 1.165) is 30.7 Å². The molecule has 120 valence electrons. The number of nitrogens with zero attached hydrogens (tertiary/aromatic N) is 1. The first-order valence-electron chi connectivity index (χ1n) is 7.97. The van der Waals surface area contributed by atoms with Gasteiger partial charge in [0.15, 0.2) is 0 Å². The summed E-state index contributed by atoms with van der Waals surface area (Å²) in [6.07, 6.45) is 3.72. The molecule has 22 heavy (non-hydrogen) atoms. The summed E-state index contributed by atoms with van der Waals surface area (Å²) >= 11 is 6.14. The molecule has 1 atom stereocenters. The Bertz CT molecular complexity index is 555. The lowest BCUT2D eigenvalue weighted by atomic mass is 9.68. The molecule has 0 radical (unpaired) electrons. The third-order valence-electron chi connectivity index (χ3n) is 5.17. The molecule has 0 spiro atoms. The molecule has 0 bridgehead atoms. The highest BCUT2D eigenvalue weighted by Crippen LogP contribution is 2.41. The normalized spacial score (nSPS) is 32.1. The summed E-state index contributed by atoms with van der Waals surface area (Å²) in [5.41, 5.74) is 7.32. The van der Waals surface area contributed by atoms with E-state index in [1.165, 1.54) is 5.56 Å². The van der Waals surface area contributed by atoms with Crippen molar-refractivity contribution in [3.05, 3.63) is 34.9 Å². The fraction of sp³-hybridized carbons (Fsp3) is 0.588. The lowest BCUT2D eigenvalue weighted by Crippen LogP contribution is -2.46. The standard InChI is InChI=1S/C17H23ClN2O2/c1-12-10-20(16(21)22-12)15-5-7-17(11-19,8-6-15)13-3-2-4-14(18)9-13/h2-4,9,12,15H,5-8,10-11,19H2,1H3/t12-,15-,17-/m0/s1. The van der Waals surface area contributed by atoms with Gasteiger partial charge in [-0.05, 0) is 50.3 Å². The Hall–Kier alpha value is -1.26. The lowest BCUT2D eigenvalue weighted by Gasteiger charge is -2.42. The molecule has 0 aromatic heterocycles. The number of amides is 1. The summed E-state index contributed by atoms with van der Waals surface area (Å²) in [6, 6.07) is 8.30. The smallest absolute Gasteiger partial charge is 0.410 e. The molecular weight excluding hydrogens is 300 g/mol. The first-order chi connectivity index (χ1) is 10.5. The maximum atomic E-state index is 11.9. The molecule has 4 nitrogen and oxygen atoms in total. The molecule has 5 heteroatoms. The Morgan fingerprint density at radius 1 is 1.41 bits per heavy atom. The number of hydrogen-bond donors (Lipinski definition) is 1. The minimum atomic E-state index is -0.166.